The number of para-hydroxylation sites is 1. The fourth-order valence-electron chi connectivity index (χ4n) is 1.51. The first-order chi connectivity index (χ1) is 6.70. The highest BCUT2D eigenvalue weighted by Crippen LogP contribution is 2.24. The largest absolute Gasteiger partial charge is 0.369 e. The van der Waals surface area contributed by atoms with Crippen LogP contribution in [0.1, 0.15) is 12.5 Å². The van der Waals surface area contributed by atoms with Crippen molar-refractivity contribution in [2.75, 3.05) is 0 Å². The van der Waals surface area contributed by atoms with E-state index in [2.05, 4.69) is 4.98 Å². The Morgan fingerprint density at radius 3 is 2.79 bits per heavy atom. The Morgan fingerprint density at radius 2 is 2.07 bits per heavy atom. The third-order valence-corrected chi connectivity index (χ3v) is 2.36. The van der Waals surface area contributed by atoms with E-state index >= 15 is 0 Å². The van der Waals surface area contributed by atoms with Crippen LogP contribution in [0.2, 0.25) is 0 Å². The highest BCUT2D eigenvalue weighted by molar-refractivity contribution is 5.98. The maximum absolute atomic E-state index is 11.0. The number of aromatic nitrogens is 1. The summed E-state index contributed by atoms with van der Waals surface area (Å²) in [6, 6.07) is 7.82. The Kier molecular flexibility index (Phi) is 2.00. The molecule has 0 atom stereocenters. The quantitative estimate of drug-likeness (QED) is 0.737. The summed E-state index contributed by atoms with van der Waals surface area (Å²) >= 11 is 0. The number of benzene rings is 1. The summed E-state index contributed by atoms with van der Waals surface area (Å²) in [6.45, 7) is 1.73. The lowest BCUT2D eigenvalue weighted by Crippen LogP contribution is -2.19. The Balaban J connectivity index is 2.58. The SMILES string of the molecule is C[C](C(N)=O)c1c[nH]c2ccccc12. The Morgan fingerprint density at radius 1 is 1.36 bits per heavy atom. The van der Waals surface area contributed by atoms with Gasteiger partial charge in [-0.3, -0.25) is 4.79 Å². The zero-order valence-electron chi connectivity index (χ0n) is 7.87. The number of amides is 1. The number of hydrogen-bond donors (Lipinski definition) is 2. The summed E-state index contributed by atoms with van der Waals surface area (Å²) < 4.78 is 0. The molecule has 0 fully saturated rings. The lowest BCUT2D eigenvalue weighted by atomic mass is 10.0. The van der Waals surface area contributed by atoms with Gasteiger partial charge in [-0.1, -0.05) is 18.2 Å². The highest BCUT2D eigenvalue weighted by atomic mass is 16.1. The van der Waals surface area contributed by atoms with Crippen molar-refractivity contribution in [2.45, 2.75) is 6.92 Å². The van der Waals surface area contributed by atoms with E-state index in [1.54, 1.807) is 6.92 Å². The van der Waals surface area contributed by atoms with Crippen LogP contribution in [-0.2, 0) is 4.79 Å². The smallest absolute Gasteiger partial charge is 0.229 e. The van der Waals surface area contributed by atoms with Gasteiger partial charge in [0.1, 0.15) is 0 Å². The van der Waals surface area contributed by atoms with Gasteiger partial charge >= 0.3 is 0 Å². The molecule has 2 rings (SSSR count). The molecule has 3 N–H and O–H groups in total. The van der Waals surface area contributed by atoms with Gasteiger partial charge in [0.05, 0.1) is 5.92 Å². The van der Waals surface area contributed by atoms with E-state index < -0.39 is 0 Å². The van der Waals surface area contributed by atoms with E-state index in [0.29, 0.717) is 5.92 Å². The van der Waals surface area contributed by atoms with Crippen LogP contribution in [0.3, 0.4) is 0 Å². The second-order valence-electron chi connectivity index (χ2n) is 3.24. The molecule has 14 heavy (non-hydrogen) atoms. The summed E-state index contributed by atoms with van der Waals surface area (Å²) in [6.07, 6.45) is 1.81. The lowest BCUT2D eigenvalue weighted by Gasteiger charge is -2.03. The summed E-state index contributed by atoms with van der Waals surface area (Å²) in [5, 5.41) is 1.03. The number of fused-ring (bicyclic) bond motifs is 1. The number of hydrogen-bond acceptors (Lipinski definition) is 1. The molecule has 0 aliphatic carbocycles. The van der Waals surface area contributed by atoms with Crippen molar-refractivity contribution < 1.29 is 4.79 Å². The molecule has 0 aliphatic heterocycles. The Labute approximate surface area is 81.9 Å². The van der Waals surface area contributed by atoms with E-state index in [1.165, 1.54) is 0 Å². The molecule has 0 spiro atoms. The minimum Gasteiger partial charge on any atom is -0.369 e. The summed E-state index contributed by atoms with van der Waals surface area (Å²) in [5.41, 5.74) is 7.13. The number of primary amides is 1. The fourth-order valence-corrected chi connectivity index (χ4v) is 1.51. The van der Waals surface area contributed by atoms with Gasteiger partial charge < -0.3 is 10.7 Å². The van der Waals surface area contributed by atoms with E-state index in [0.717, 1.165) is 16.5 Å². The van der Waals surface area contributed by atoms with E-state index in [4.69, 9.17) is 5.73 Å². The normalized spacial score (nSPS) is 11.0. The third-order valence-electron chi connectivity index (χ3n) is 2.36. The van der Waals surface area contributed by atoms with Crippen LogP contribution in [0.5, 0.6) is 0 Å². The molecule has 1 heterocycles. The predicted molar refractivity (Wildman–Crippen MR) is 55.5 cm³/mol. The average Bonchev–Trinajstić information content (AvgIpc) is 2.60. The van der Waals surface area contributed by atoms with E-state index in [9.17, 15) is 4.79 Å². The predicted octanol–water partition coefficient (Wildman–Crippen LogP) is 1.60. The van der Waals surface area contributed by atoms with Crippen molar-refractivity contribution in [1.82, 2.24) is 4.98 Å². The van der Waals surface area contributed by atoms with Gasteiger partial charge in [0.15, 0.2) is 0 Å². The maximum atomic E-state index is 11.0. The number of carbonyl (C=O) groups is 1. The number of nitrogens with one attached hydrogen (secondary N) is 1. The van der Waals surface area contributed by atoms with Gasteiger partial charge in [0, 0.05) is 17.1 Å². The van der Waals surface area contributed by atoms with Crippen molar-refractivity contribution in [3.05, 3.63) is 41.9 Å². The second-order valence-corrected chi connectivity index (χ2v) is 3.24. The van der Waals surface area contributed by atoms with Crippen molar-refractivity contribution in [1.29, 1.82) is 0 Å². The van der Waals surface area contributed by atoms with Crippen molar-refractivity contribution in [3.63, 3.8) is 0 Å². The molecule has 1 radical (unpaired) electrons. The number of H-pyrrole nitrogens is 1. The molecule has 0 bridgehead atoms. The van der Waals surface area contributed by atoms with Crippen molar-refractivity contribution in [2.24, 2.45) is 5.73 Å². The number of nitrogens with two attached hydrogens (primary N) is 1. The first-order valence-electron chi connectivity index (χ1n) is 4.40. The van der Waals surface area contributed by atoms with Crippen LogP contribution in [-0.4, -0.2) is 10.9 Å². The molecule has 71 valence electrons. The Bertz CT molecular complexity index is 473. The maximum Gasteiger partial charge on any atom is 0.229 e. The van der Waals surface area contributed by atoms with Gasteiger partial charge in [-0.05, 0) is 18.6 Å². The summed E-state index contributed by atoms with van der Waals surface area (Å²) in [4.78, 5) is 14.1. The first-order valence-corrected chi connectivity index (χ1v) is 4.40. The molecule has 0 unspecified atom stereocenters. The molecule has 1 aromatic heterocycles. The van der Waals surface area contributed by atoms with Crippen molar-refractivity contribution in [3.8, 4) is 0 Å². The zero-order chi connectivity index (χ0) is 10.1. The van der Waals surface area contributed by atoms with Crippen LogP contribution in [0, 0.1) is 5.92 Å². The second kappa shape index (κ2) is 3.18. The fraction of sp³-hybridized carbons (Fsp3) is 0.0909. The minimum absolute atomic E-state index is 0.380. The monoisotopic (exact) mass is 187 g/mol. The number of rotatable bonds is 2. The van der Waals surface area contributed by atoms with Crippen LogP contribution in [0.4, 0.5) is 0 Å². The molecule has 0 aliphatic rings. The molecule has 0 saturated heterocycles. The first kappa shape index (κ1) is 8.81. The van der Waals surface area contributed by atoms with Gasteiger partial charge in [-0.2, -0.15) is 0 Å². The van der Waals surface area contributed by atoms with Crippen LogP contribution in [0.25, 0.3) is 10.9 Å². The van der Waals surface area contributed by atoms with Gasteiger partial charge in [-0.15, -0.1) is 0 Å². The molecule has 1 aromatic carbocycles. The topological polar surface area (TPSA) is 58.9 Å². The molecular weight excluding hydrogens is 176 g/mol. The molecular formula is C11H11N2O. The standard InChI is InChI=1S/C11H11N2O/c1-7(11(12)14)9-6-13-10-5-3-2-4-8(9)10/h2-6,13H,1H3,(H2,12,14). The van der Waals surface area contributed by atoms with Crippen molar-refractivity contribution >= 4 is 16.8 Å². The molecule has 1 amide bonds. The molecule has 3 nitrogen and oxygen atoms in total. The summed E-state index contributed by atoms with van der Waals surface area (Å²) in [7, 11) is 0. The zero-order valence-corrected chi connectivity index (χ0v) is 7.87. The molecule has 3 heteroatoms. The third kappa shape index (κ3) is 1.27. The van der Waals surface area contributed by atoms with Crippen LogP contribution < -0.4 is 5.73 Å². The van der Waals surface area contributed by atoms with E-state index in [-0.39, 0.29) is 5.91 Å². The van der Waals surface area contributed by atoms with E-state index in [1.807, 2.05) is 30.5 Å². The van der Waals surface area contributed by atoms with Crippen LogP contribution >= 0.6 is 0 Å². The lowest BCUT2D eigenvalue weighted by molar-refractivity contribution is -0.115. The highest BCUT2D eigenvalue weighted by Gasteiger charge is 2.16. The molecule has 0 saturated carbocycles. The Hall–Kier alpha value is -1.77. The number of carbonyl (C=O) groups excluding carboxylic acids is 1. The van der Waals surface area contributed by atoms with Gasteiger partial charge in [-0.25, -0.2) is 0 Å². The number of aromatic amines is 1. The van der Waals surface area contributed by atoms with Crippen LogP contribution in [0.15, 0.2) is 30.5 Å². The molecule has 2 aromatic rings. The van der Waals surface area contributed by atoms with Gasteiger partial charge in [0.25, 0.3) is 0 Å². The van der Waals surface area contributed by atoms with Gasteiger partial charge in [0.2, 0.25) is 5.91 Å². The average molecular weight is 187 g/mol. The summed E-state index contributed by atoms with van der Waals surface area (Å²) in [5.74, 6) is 0.206. The minimum atomic E-state index is -0.380.